The number of halogens is 1. The van der Waals surface area contributed by atoms with Crippen LogP contribution in [0.4, 0.5) is 32.2 Å². The van der Waals surface area contributed by atoms with Crippen LogP contribution < -0.4 is 26.6 Å². The molecule has 2 heterocycles. The number of nitrogens with zero attached hydrogens (tertiary/aromatic N) is 2. The fourth-order valence-corrected chi connectivity index (χ4v) is 5.75. The molecule has 5 rings (SSSR count). The van der Waals surface area contributed by atoms with E-state index in [1.54, 1.807) is 51.1 Å². The molecule has 0 spiro atoms. The van der Waals surface area contributed by atoms with E-state index < -0.39 is 29.0 Å². The molecule has 0 aliphatic heterocycles. The van der Waals surface area contributed by atoms with Gasteiger partial charge in [0.05, 0.1) is 40.9 Å². The normalized spacial score (nSPS) is 16.1. The lowest BCUT2D eigenvalue weighted by Gasteiger charge is -2.34. The Bertz CT molecular complexity index is 1810. The molecule has 2 atom stereocenters. The number of hydrogen-bond acceptors (Lipinski definition) is 8. The first-order chi connectivity index (χ1) is 23.8. The van der Waals surface area contributed by atoms with Crippen molar-refractivity contribution in [2.45, 2.75) is 83.5 Å². The number of carbonyl (C=O) groups excluding carboxylic acids is 3. The van der Waals surface area contributed by atoms with Crippen molar-refractivity contribution >= 4 is 40.9 Å². The first-order valence-electron chi connectivity index (χ1n) is 16.7. The lowest BCUT2D eigenvalue weighted by atomic mass is 9.90. The van der Waals surface area contributed by atoms with Gasteiger partial charge in [0.2, 0.25) is 0 Å². The molecule has 1 aliphatic carbocycles. The fraction of sp³-hybridized carbons (Fsp3) is 0.342. The maximum absolute atomic E-state index is 15.9. The minimum absolute atomic E-state index is 0.0390. The van der Waals surface area contributed by atoms with Crippen LogP contribution in [0.1, 0.15) is 86.6 Å². The zero-order chi connectivity index (χ0) is 35.9. The summed E-state index contributed by atoms with van der Waals surface area (Å²) in [4.78, 5) is 48.1. The van der Waals surface area contributed by atoms with Gasteiger partial charge in [-0.15, -0.1) is 0 Å². The number of nitrogens with one attached hydrogen (secondary N) is 5. The van der Waals surface area contributed by atoms with Crippen molar-refractivity contribution in [1.29, 1.82) is 0 Å². The molecule has 1 saturated carbocycles. The van der Waals surface area contributed by atoms with Crippen molar-refractivity contribution in [2.24, 2.45) is 0 Å². The van der Waals surface area contributed by atoms with E-state index >= 15 is 4.39 Å². The van der Waals surface area contributed by atoms with Crippen LogP contribution >= 0.6 is 0 Å². The third kappa shape index (κ3) is 9.55. The molecule has 5 N–H and O–H groups in total. The lowest BCUT2D eigenvalue weighted by Crippen LogP contribution is -2.50. The molecule has 0 bridgehead atoms. The molecule has 50 heavy (non-hydrogen) atoms. The van der Waals surface area contributed by atoms with Crippen molar-refractivity contribution in [1.82, 2.24) is 20.6 Å². The van der Waals surface area contributed by atoms with E-state index in [1.165, 1.54) is 12.4 Å². The second-order valence-electron chi connectivity index (χ2n) is 13.9. The molecule has 0 radical (unpaired) electrons. The first-order valence-corrected chi connectivity index (χ1v) is 16.7. The molecule has 2 aromatic carbocycles. The minimum atomic E-state index is -0.797. The Balaban J connectivity index is 1.44. The van der Waals surface area contributed by atoms with Gasteiger partial charge < -0.3 is 31.3 Å². The van der Waals surface area contributed by atoms with Gasteiger partial charge in [0.25, 0.3) is 11.8 Å². The second-order valence-corrected chi connectivity index (χ2v) is 13.9. The molecule has 11 nitrogen and oxygen atoms in total. The summed E-state index contributed by atoms with van der Waals surface area (Å²) in [5.41, 5.74) is 0.638. The molecule has 0 unspecified atom stereocenters. The smallest absolute Gasteiger partial charge is 0.407 e. The molecule has 3 amide bonds. The van der Waals surface area contributed by atoms with Crippen molar-refractivity contribution in [3.8, 4) is 0 Å². The van der Waals surface area contributed by atoms with Crippen LogP contribution in [-0.4, -0.2) is 45.6 Å². The van der Waals surface area contributed by atoms with Crippen molar-refractivity contribution in [2.75, 3.05) is 16.0 Å². The zero-order valence-electron chi connectivity index (χ0n) is 29.0. The van der Waals surface area contributed by atoms with Gasteiger partial charge in [-0.3, -0.25) is 14.6 Å². The second kappa shape index (κ2) is 15.4. The third-order valence-electron chi connectivity index (χ3n) is 8.23. The summed E-state index contributed by atoms with van der Waals surface area (Å²) < 4.78 is 21.4. The number of pyridine rings is 2. The predicted octanol–water partition coefficient (Wildman–Crippen LogP) is 7.52. The monoisotopic (exact) mass is 681 g/mol. The topological polar surface area (TPSA) is 146 Å². The van der Waals surface area contributed by atoms with E-state index in [4.69, 9.17) is 4.74 Å². The molecule has 2 aromatic heterocycles. The Morgan fingerprint density at radius 3 is 2.12 bits per heavy atom. The summed E-state index contributed by atoms with van der Waals surface area (Å²) in [5, 5.41) is 15.1. The highest BCUT2D eigenvalue weighted by molar-refractivity contribution is 6.04. The van der Waals surface area contributed by atoms with E-state index in [-0.39, 0.29) is 35.2 Å². The summed E-state index contributed by atoms with van der Waals surface area (Å²) >= 11 is 0. The van der Waals surface area contributed by atoms with Gasteiger partial charge in [-0.1, -0.05) is 61.4 Å². The molecule has 1 aliphatic rings. The van der Waals surface area contributed by atoms with Crippen LogP contribution in [-0.2, 0) is 10.3 Å². The summed E-state index contributed by atoms with van der Waals surface area (Å²) in [6.07, 6.45) is 5.55. The highest BCUT2D eigenvalue weighted by Gasteiger charge is 2.31. The molecular formula is C38H44FN7O4. The van der Waals surface area contributed by atoms with Crippen LogP contribution in [0.15, 0.2) is 85.2 Å². The molecule has 12 heteroatoms. The molecule has 262 valence electrons. The van der Waals surface area contributed by atoms with E-state index in [9.17, 15) is 14.4 Å². The van der Waals surface area contributed by atoms with Crippen LogP contribution in [0.25, 0.3) is 0 Å². The SMILES string of the molecule is CC(C)(C)OC(=O)N[C@H]1CCCC[C@H]1Nc1nc(Nc2cncc(NC(=O)c3ccccc3)c2)c(C(=O)NC(C)(C)c2ccccc2)cc1F. The Morgan fingerprint density at radius 2 is 1.44 bits per heavy atom. The first kappa shape index (κ1) is 35.8. The third-order valence-corrected chi connectivity index (χ3v) is 8.23. The van der Waals surface area contributed by atoms with E-state index in [0.29, 0.717) is 29.8 Å². The fourth-order valence-electron chi connectivity index (χ4n) is 5.75. The number of hydrogen-bond donors (Lipinski definition) is 5. The molecule has 4 aromatic rings. The molecular weight excluding hydrogens is 637 g/mol. The zero-order valence-corrected chi connectivity index (χ0v) is 29.0. The quantitative estimate of drug-likeness (QED) is 0.116. The summed E-state index contributed by atoms with van der Waals surface area (Å²) in [7, 11) is 0. The maximum atomic E-state index is 15.9. The summed E-state index contributed by atoms with van der Waals surface area (Å²) in [6.45, 7) is 9.09. The van der Waals surface area contributed by atoms with Crippen LogP contribution in [0.3, 0.4) is 0 Å². The highest BCUT2D eigenvalue weighted by Crippen LogP contribution is 2.29. The Hall–Kier alpha value is -5.52. The number of anilines is 4. The molecule has 0 saturated heterocycles. The number of benzene rings is 2. The number of alkyl carbamates (subject to hydrolysis) is 1. The highest BCUT2D eigenvalue weighted by atomic mass is 19.1. The van der Waals surface area contributed by atoms with Crippen molar-refractivity contribution in [3.05, 3.63) is 108 Å². The van der Waals surface area contributed by atoms with E-state index in [0.717, 1.165) is 24.5 Å². The number of aromatic nitrogens is 2. The van der Waals surface area contributed by atoms with E-state index in [1.807, 2.05) is 50.2 Å². The Kier molecular flexibility index (Phi) is 11.0. The maximum Gasteiger partial charge on any atom is 0.407 e. The number of amides is 3. The van der Waals surface area contributed by atoms with Gasteiger partial charge in [0.1, 0.15) is 11.4 Å². The average molecular weight is 682 g/mol. The van der Waals surface area contributed by atoms with Crippen LogP contribution in [0, 0.1) is 5.82 Å². The van der Waals surface area contributed by atoms with Gasteiger partial charge >= 0.3 is 6.09 Å². The van der Waals surface area contributed by atoms with Crippen LogP contribution in [0.5, 0.6) is 0 Å². The molecule has 1 fully saturated rings. The standard InChI is InChI=1S/C38H44FN7O4/c1-37(2,3)50-36(49)44-31-19-13-12-18-30(31)43-33-29(39)21-28(35(48)46-38(4,5)25-16-10-7-11-17-25)32(45-33)41-26-20-27(23-40-22-26)42-34(47)24-14-8-6-9-15-24/h6-11,14-17,20-23,30-31H,12-13,18-19H2,1-5H3,(H,42,47)(H,44,49)(H,46,48)(H2,41,43,45)/t30-,31+/m1/s1. The van der Waals surface area contributed by atoms with Crippen molar-refractivity contribution < 1.29 is 23.5 Å². The largest absolute Gasteiger partial charge is 0.444 e. The Morgan fingerprint density at radius 1 is 0.800 bits per heavy atom. The number of ether oxygens (including phenoxy) is 1. The summed E-state index contributed by atoms with van der Waals surface area (Å²) in [6, 6.07) is 20.3. The summed E-state index contributed by atoms with van der Waals surface area (Å²) in [5.74, 6) is -1.63. The lowest BCUT2D eigenvalue weighted by molar-refractivity contribution is 0.0488. The minimum Gasteiger partial charge on any atom is -0.444 e. The predicted molar refractivity (Wildman–Crippen MR) is 192 cm³/mol. The van der Waals surface area contributed by atoms with Gasteiger partial charge in [0.15, 0.2) is 11.6 Å². The van der Waals surface area contributed by atoms with Gasteiger partial charge in [-0.2, -0.15) is 0 Å². The number of rotatable bonds is 10. The number of carbonyl (C=O) groups is 3. The van der Waals surface area contributed by atoms with Crippen LogP contribution in [0.2, 0.25) is 0 Å². The van der Waals surface area contributed by atoms with E-state index in [2.05, 4.69) is 36.6 Å². The average Bonchev–Trinajstić information content (AvgIpc) is 3.07. The Labute approximate surface area is 291 Å². The van der Waals surface area contributed by atoms with Gasteiger partial charge in [-0.25, -0.2) is 14.2 Å². The van der Waals surface area contributed by atoms with Gasteiger partial charge in [0, 0.05) is 11.6 Å². The van der Waals surface area contributed by atoms with Gasteiger partial charge in [-0.05, 0) is 77.3 Å². The van der Waals surface area contributed by atoms with Crippen molar-refractivity contribution in [3.63, 3.8) is 0 Å².